The molecule has 0 N–H and O–H groups in total. The van der Waals surface area contributed by atoms with Crippen molar-refractivity contribution in [1.82, 2.24) is 9.97 Å². The van der Waals surface area contributed by atoms with E-state index in [9.17, 15) is 9.18 Å². The maximum absolute atomic E-state index is 13.5. The van der Waals surface area contributed by atoms with E-state index in [0.29, 0.717) is 10.7 Å². The van der Waals surface area contributed by atoms with Crippen molar-refractivity contribution in [3.05, 3.63) is 47.5 Å². The predicted molar refractivity (Wildman–Crippen MR) is 74.8 cm³/mol. The fraction of sp³-hybridized carbons (Fsp3) is 0.214. The SMILES string of the molecule is COc1ccc(C(=O)CSc2ncc(C)cn2)cc1F. The molecule has 4 nitrogen and oxygen atoms in total. The van der Waals surface area contributed by atoms with E-state index in [1.54, 1.807) is 18.5 Å². The molecule has 6 heteroatoms. The number of halogens is 1. The number of carbonyl (C=O) groups excluding carboxylic acids is 1. The molecule has 0 spiro atoms. The van der Waals surface area contributed by atoms with E-state index in [1.165, 1.54) is 31.0 Å². The van der Waals surface area contributed by atoms with E-state index in [1.807, 2.05) is 6.92 Å². The highest BCUT2D eigenvalue weighted by Crippen LogP contribution is 2.20. The largest absolute Gasteiger partial charge is 0.494 e. The zero-order chi connectivity index (χ0) is 14.5. The molecule has 0 unspecified atom stereocenters. The zero-order valence-electron chi connectivity index (χ0n) is 11.1. The van der Waals surface area contributed by atoms with Crippen LogP contribution in [0.4, 0.5) is 4.39 Å². The van der Waals surface area contributed by atoms with Crippen LogP contribution in [0.1, 0.15) is 15.9 Å². The van der Waals surface area contributed by atoms with Gasteiger partial charge in [0.2, 0.25) is 0 Å². The summed E-state index contributed by atoms with van der Waals surface area (Å²) < 4.78 is 18.3. The normalized spacial score (nSPS) is 10.3. The minimum Gasteiger partial charge on any atom is -0.494 e. The summed E-state index contributed by atoms with van der Waals surface area (Å²) in [5, 5.41) is 0.526. The first-order valence-corrected chi connectivity index (χ1v) is 6.87. The summed E-state index contributed by atoms with van der Waals surface area (Å²) >= 11 is 1.22. The lowest BCUT2D eigenvalue weighted by Crippen LogP contribution is -2.04. The lowest BCUT2D eigenvalue weighted by atomic mass is 10.1. The van der Waals surface area contributed by atoms with Gasteiger partial charge in [0.05, 0.1) is 12.9 Å². The van der Waals surface area contributed by atoms with Gasteiger partial charge in [-0.15, -0.1) is 0 Å². The number of benzene rings is 1. The number of ketones is 1. The molecular weight excluding hydrogens is 279 g/mol. The van der Waals surface area contributed by atoms with Gasteiger partial charge in [-0.1, -0.05) is 11.8 Å². The first-order chi connectivity index (χ1) is 9.60. The quantitative estimate of drug-likeness (QED) is 0.482. The highest BCUT2D eigenvalue weighted by Gasteiger charge is 2.11. The van der Waals surface area contributed by atoms with Crippen LogP contribution in [-0.4, -0.2) is 28.6 Å². The summed E-state index contributed by atoms with van der Waals surface area (Å²) in [6.07, 6.45) is 3.37. The van der Waals surface area contributed by atoms with Gasteiger partial charge in [-0.2, -0.15) is 0 Å². The van der Waals surface area contributed by atoms with Gasteiger partial charge in [0, 0.05) is 18.0 Å². The molecule has 0 fully saturated rings. The third-order valence-electron chi connectivity index (χ3n) is 2.56. The highest BCUT2D eigenvalue weighted by molar-refractivity contribution is 7.99. The Morgan fingerprint density at radius 3 is 2.65 bits per heavy atom. The van der Waals surface area contributed by atoms with E-state index in [0.717, 1.165) is 5.56 Å². The van der Waals surface area contributed by atoms with Crippen molar-refractivity contribution in [3.8, 4) is 5.75 Å². The van der Waals surface area contributed by atoms with Gasteiger partial charge in [0.25, 0.3) is 0 Å². The van der Waals surface area contributed by atoms with Gasteiger partial charge in [-0.25, -0.2) is 14.4 Å². The number of hydrogen-bond acceptors (Lipinski definition) is 5. The molecule has 0 saturated carbocycles. The van der Waals surface area contributed by atoms with Crippen LogP contribution in [0, 0.1) is 12.7 Å². The molecule has 0 aliphatic rings. The molecule has 0 saturated heterocycles. The third kappa shape index (κ3) is 3.54. The molecule has 1 heterocycles. The standard InChI is InChI=1S/C14H13FN2O2S/c1-9-6-16-14(17-7-9)20-8-12(18)10-3-4-13(19-2)11(15)5-10/h3-7H,8H2,1-2H3. The van der Waals surface area contributed by atoms with Gasteiger partial charge < -0.3 is 4.74 Å². The van der Waals surface area contributed by atoms with Crippen molar-refractivity contribution < 1.29 is 13.9 Å². The topological polar surface area (TPSA) is 52.1 Å². The summed E-state index contributed by atoms with van der Waals surface area (Å²) in [4.78, 5) is 20.1. The smallest absolute Gasteiger partial charge is 0.187 e. The number of ether oxygens (including phenoxy) is 1. The maximum Gasteiger partial charge on any atom is 0.187 e. The van der Waals surface area contributed by atoms with Crippen LogP contribution in [0.3, 0.4) is 0 Å². The Balaban J connectivity index is 2.01. The second-order valence-electron chi connectivity index (χ2n) is 4.10. The van der Waals surface area contributed by atoms with Crippen molar-refractivity contribution >= 4 is 17.5 Å². The Labute approximate surface area is 120 Å². The number of aromatic nitrogens is 2. The molecule has 0 aliphatic carbocycles. The van der Waals surface area contributed by atoms with Crippen molar-refractivity contribution in [3.63, 3.8) is 0 Å². The highest BCUT2D eigenvalue weighted by atomic mass is 32.2. The molecule has 1 aromatic heterocycles. The Kier molecular flexibility index (Phi) is 4.68. The van der Waals surface area contributed by atoms with Crippen LogP contribution in [0.5, 0.6) is 5.75 Å². The van der Waals surface area contributed by atoms with Crippen LogP contribution < -0.4 is 4.74 Å². The molecule has 104 valence electrons. The molecule has 0 aliphatic heterocycles. The number of hydrogen-bond donors (Lipinski definition) is 0. The van der Waals surface area contributed by atoms with Crippen molar-refractivity contribution in [1.29, 1.82) is 0 Å². The number of thioether (sulfide) groups is 1. The maximum atomic E-state index is 13.5. The summed E-state index contributed by atoms with van der Waals surface area (Å²) in [7, 11) is 1.38. The van der Waals surface area contributed by atoms with E-state index >= 15 is 0 Å². The van der Waals surface area contributed by atoms with E-state index in [2.05, 4.69) is 9.97 Å². The van der Waals surface area contributed by atoms with Gasteiger partial charge >= 0.3 is 0 Å². The first kappa shape index (κ1) is 14.5. The van der Waals surface area contributed by atoms with Crippen molar-refractivity contribution in [2.45, 2.75) is 12.1 Å². The van der Waals surface area contributed by atoms with Crippen LogP contribution in [0.15, 0.2) is 35.7 Å². The van der Waals surface area contributed by atoms with Crippen LogP contribution >= 0.6 is 11.8 Å². The van der Waals surface area contributed by atoms with Crippen LogP contribution in [0.25, 0.3) is 0 Å². The number of nitrogens with zero attached hydrogens (tertiary/aromatic N) is 2. The lowest BCUT2D eigenvalue weighted by molar-refractivity contribution is 0.102. The summed E-state index contributed by atoms with van der Waals surface area (Å²) in [6.45, 7) is 1.89. The van der Waals surface area contributed by atoms with Crippen molar-refractivity contribution in [2.75, 3.05) is 12.9 Å². The number of rotatable bonds is 5. The number of aryl methyl sites for hydroxylation is 1. The Morgan fingerprint density at radius 2 is 2.05 bits per heavy atom. The fourth-order valence-electron chi connectivity index (χ4n) is 1.51. The molecule has 0 bridgehead atoms. The second kappa shape index (κ2) is 6.47. The number of methoxy groups -OCH3 is 1. The minimum absolute atomic E-state index is 0.121. The van der Waals surface area contributed by atoms with Gasteiger partial charge in [-0.05, 0) is 30.7 Å². The molecule has 2 aromatic rings. The van der Waals surface area contributed by atoms with Gasteiger partial charge in [-0.3, -0.25) is 4.79 Å². The van der Waals surface area contributed by atoms with Gasteiger partial charge in [0.1, 0.15) is 0 Å². The second-order valence-corrected chi connectivity index (χ2v) is 5.05. The minimum atomic E-state index is -0.546. The molecule has 0 radical (unpaired) electrons. The van der Waals surface area contributed by atoms with E-state index < -0.39 is 5.82 Å². The molecule has 1 aromatic carbocycles. The van der Waals surface area contributed by atoms with E-state index in [4.69, 9.17) is 4.74 Å². The Morgan fingerprint density at radius 1 is 1.35 bits per heavy atom. The molecule has 2 rings (SSSR count). The predicted octanol–water partition coefficient (Wildman–Crippen LogP) is 2.91. The van der Waals surface area contributed by atoms with Gasteiger partial charge in [0.15, 0.2) is 22.5 Å². The number of carbonyl (C=O) groups is 1. The molecule has 0 amide bonds. The fourth-order valence-corrected chi connectivity index (χ4v) is 2.19. The summed E-state index contributed by atoms with van der Waals surface area (Å²) in [5.41, 5.74) is 1.26. The Hall–Kier alpha value is -1.95. The molecule has 0 atom stereocenters. The van der Waals surface area contributed by atoms with Crippen molar-refractivity contribution in [2.24, 2.45) is 0 Å². The average Bonchev–Trinajstić information content (AvgIpc) is 2.46. The van der Waals surface area contributed by atoms with E-state index in [-0.39, 0.29) is 17.3 Å². The monoisotopic (exact) mass is 292 g/mol. The lowest BCUT2D eigenvalue weighted by Gasteiger charge is -2.04. The Bertz CT molecular complexity index is 617. The summed E-state index contributed by atoms with van der Waals surface area (Å²) in [6, 6.07) is 4.16. The molecule has 20 heavy (non-hydrogen) atoms. The number of Topliss-reactive ketones (excluding diaryl/α,β-unsaturated/α-hetero) is 1. The summed E-state index contributed by atoms with van der Waals surface area (Å²) in [5.74, 6) is -0.443. The third-order valence-corrected chi connectivity index (χ3v) is 3.44. The molecular formula is C14H13FN2O2S. The van der Waals surface area contributed by atoms with Crippen LogP contribution in [0.2, 0.25) is 0 Å². The average molecular weight is 292 g/mol. The first-order valence-electron chi connectivity index (χ1n) is 5.88. The zero-order valence-corrected chi connectivity index (χ0v) is 11.9. The van der Waals surface area contributed by atoms with Crippen LogP contribution in [-0.2, 0) is 0 Å².